The van der Waals surface area contributed by atoms with Crippen LogP contribution in [0.4, 0.5) is 0 Å². The highest BCUT2D eigenvalue weighted by Crippen LogP contribution is 2.27. The number of esters is 1. The molecular formula is C14H14BrNO2. The molecule has 0 atom stereocenters. The van der Waals surface area contributed by atoms with Gasteiger partial charge in [-0.1, -0.05) is 28.1 Å². The minimum atomic E-state index is -0.308. The van der Waals surface area contributed by atoms with Crippen molar-refractivity contribution in [2.75, 3.05) is 7.11 Å². The minimum absolute atomic E-state index is 0.308. The van der Waals surface area contributed by atoms with Crippen LogP contribution < -0.4 is 0 Å². The van der Waals surface area contributed by atoms with Gasteiger partial charge in [0.05, 0.1) is 7.11 Å². The number of benzene rings is 1. The molecule has 1 aromatic heterocycles. The minimum Gasteiger partial charge on any atom is -0.464 e. The van der Waals surface area contributed by atoms with E-state index in [0.29, 0.717) is 5.69 Å². The Balaban J connectivity index is 2.57. The molecular weight excluding hydrogens is 294 g/mol. The zero-order valence-corrected chi connectivity index (χ0v) is 11.9. The maximum absolute atomic E-state index is 11.9. The lowest BCUT2D eigenvalue weighted by molar-refractivity contribution is 0.0589. The second-order valence-corrected chi connectivity index (χ2v) is 4.78. The van der Waals surface area contributed by atoms with E-state index in [1.165, 1.54) is 7.11 Å². The van der Waals surface area contributed by atoms with Crippen molar-refractivity contribution in [3.05, 3.63) is 46.7 Å². The Kier molecular flexibility index (Phi) is 3.87. The summed E-state index contributed by atoms with van der Waals surface area (Å²) in [6.45, 7) is 2.73. The fraction of sp³-hybridized carbons (Fsp3) is 0.214. The number of aryl methyl sites for hydroxylation is 1. The second kappa shape index (κ2) is 5.40. The summed E-state index contributed by atoms with van der Waals surface area (Å²) in [5.41, 5.74) is 2.49. The predicted molar refractivity (Wildman–Crippen MR) is 74.6 cm³/mol. The lowest BCUT2D eigenvalue weighted by atomic mass is 10.1. The van der Waals surface area contributed by atoms with E-state index >= 15 is 0 Å². The summed E-state index contributed by atoms with van der Waals surface area (Å²) in [6, 6.07) is 9.81. The average Bonchev–Trinajstić information content (AvgIpc) is 2.81. The molecule has 1 aromatic carbocycles. The molecule has 0 aliphatic heterocycles. The number of aromatic nitrogens is 1. The number of halogens is 1. The van der Waals surface area contributed by atoms with Crippen molar-refractivity contribution in [1.82, 2.24) is 4.57 Å². The number of rotatable bonds is 3. The third kappa shape index (κ3) is 2.34. The Morgan fingerprint density at radius 2 is 2.17 bits per heavy atom. The van der Waals surface area contributed by atoms with E-state index in [1.807, 2.05) is 48.0 Å². The first kappa shape index (κ1) is 12.9. The van der Waals surface area contributed by atoms with Gasteiger partial charge in [0.1, 0.15) is 5.69 Å². The largest absolute Gasteiger partial charge is 0.464 e. The molecule has 18 heavy (non-hydrogen) atoms. The summed E-state index contributed by atoms with van der Waals surface area (Å²) in [4.78, 5) is 11.9. The smallest absolute Gasteiger partial charge is 0.355 e. The number of carbonyl (C=O) groups excluding carboxylic acids is 1. The molecule has 4 heteroatoms. The summed E-state index contributed by atoms with van der Waals surface area (Å²) in [5, 5.41) is 0. The van der Waals surface area contributed by atoms with Crippen molar-refractivity contribution in [2.45, 2.75) is 13.5 Å². The van der Waals surface area contributed by atoms with Crippen LogP contribution in [0.15, 0.2) is 41.0 Å². The van der Waals surface area contributed by atoms with Crippen molar-refractivity contribution in [1.29, 1.82) is 0 Å². The molecule has 2 rings (SSSR count). The van der Waals surface area contributed by atoms with Crippen molar-refractivity contribution in [3.8, 4) is 11.1 Å². The molecule has 0 amide bonds. The highest BCUT2D eigenvalue weighted by Gasteiger charge is 2.18. The van der Waals surface area contributed by atoms with E-state index < -0.39 is 0 Å². The summed E-state index contributed by atoms with van der Waals surface area (Å²) < 4.78 is 7.74. The molecule has 3 nitrogen and oxygen atoms in total. The van der Waals surface area contributed by atoms with Gasteiger partial charge in [-0.05, 0) is 30.7 Å². The fourth-order valence-electron chi connectivity index (χ4n) is 1.95. The first-order valence-electron chi connectivity index (χ1n) is 5.70. The maximum atomic E-state index is 11.9. The second-order valence-electron chi connectivity index (χ2n) is 3.87. The SMILES string of the molecule is CCn1ccc(-c2cccc(Br)c2)c1C(=O)OC. The van der Waals surface area contributed by atoms with Crippen LogP contribution in [0.5, 0.6) is 0 Å². The van der Waals surface area contributed by atoms with Crippen molar-refractivity contribution in [3.63, 3.8) is 0 Å². The number of hydrogen-bond donors (Lipinski definition) is 0. The standard InChI is InChI=1S/C14H14BrNO2/c1-3-16-8-7-12(13(16)14(17)18-2)10-5-4-6-11(15)9-10/h4-9H,3H2,1-2H3. The molecule has 0 unspecified atom stereocenters. The van der Waals surface area contributed by atoms with Gasteiger partial charge in [0.2, 0.25) is 0 Å². The summed E-state index contributed by atoms with van der Waals surface area (Å²) in [5.74, 6) is -0.308. The summed E-state index contributed by atoms with van der Waals surface area (Å²) in [6.07, 6.45) is 1.91. The van der Waals surface area contributed by atoms with Crippen LogP contribution >= 0.6 is 15.9 Å². The van der Waals surface area contributed by atoms with Gasteiger partial charge in [-0.2, -0.15) is 0 Å². The van der Waals surface area contributed by atoms with Crippen molar-refractivity contribution < 1.29 is 9.53 Å². The highest BCUT2D eigenvalue weighted by atomic mass is 79.9. The van der Waals surface area contributed by atoms with E-state index in [9.17, 15) is 4.79 Å². The van der Waals surface area contributed by atoms with E-state index in [0.717, 1.165) is 22.1 Å². The third-order valence-corrected chi connectivity index (χ3v) is 3.31. The number of carbonyl (C=O) groups is 1. The normalized spacial score (nSPS) is 10.4. The van der Waals surface area contributed by atoms with Crippen LogP contribution in [-0.4, -0.2) is 17.6 Å². The Morgan fingerprint density at radius 3 is 2.78 bits per heavy atom. The lowest BCUT2D eigenvalue weighted by Crippen LogP contribution is -2.10. The van der Waals surface area contributed by atoms with E-state index in [-0.39, 0.29) is 5.97 Å². The molecule has 0 saturated carbocycles. The van der Waals surface area contributed by atoms with Gasteiger partial charge in [0, 0.05) is 22.8 Å². The quantitative estimate of drug-likeness (QED) is 0.809. The van der Waals surface area contributed by atoms with Gasteiger partial charge in [-0.25, -0.2) is 4.79 Å². The molecule has 0 spiro atoms. The first-order valence-corrected chi connectivity index (χ1v) is 6.50. The molecule has 0 aliphatic rings. The monoisotopic (exact) mass is 307 g/mol. The van der Waals surface area contributed by atoms with E-state index in [2.05, 4.69) is 15.9 Å². The van der Waals surface area contributed by atoms with Gasteiger partial charge in [-0.15, -0.1) is 0 Å². The zero-order chi connectivity index (χ0) is 13.1. The Labute approximate surface area is 115 Å². The third-order valence-electron chi connectivity index (χ3n) is 2.82. The first-order chi connectivity index (χ1) is 8.67. The summed E-state index contributed by atoms with van der Waals surface area (Å²) in [7, 11) is 1.40. The number of hydrogen-bond acceptors (Lipinski definition) is 2. The van der Waals surface area contributed by atoms with Crippen LogP contribution in [0, 0.1) is 0 Å². The molecule has 0 aliphatic carbocycles. The van der Waals surface area contributed by atoms with E-state index in [4.69, 9.17) is 4.74 Å². The summed E-state index contributed by atoms with van der Waals surface area (Å²) >= 11 is 3.44. The van der Waals surface area contributed by atoms with Crippen LogP contribution in [0.25, 0.3) is 11.1 Å². The Hall–Kier alpha value is -1.55. The van der Waals surface area contributed by atoms with Gasteiger partial charge >= 0.3 is 5.97 Å². The molecule has 1 heterocycles. The molecule has 0 N–H and O–H groups in total. The molecule has 2 aromatic rings. The highest BCUT2D eigenvalue weighted by molar-refractivity contribution is 9.10. The number of ether oxygens (including phenoxy) is 1. The van der Waals surface area contributed by atoms with Gasteiger partial charge in [-0.3, -0.25) is 0 Å². The number of methoxy groups -OCH3 is 1. The fourth-order valence-corrected chi connectivity index (χ4v) is 2.35. The van der Waals surface area contributed by atoms with Crippen LogP contribution in [0.2, 0.25) is 0 Å². The average molecular weight is 308 g/mol. The molecule has 0 fully saturated rings. The van der Waals surface area contributed by atoms with Crippen molar-refractivity contribution >= 4 is 21.9 Å². The molecule has 0 radical (unpaired) electrons. The van der Waals surface area contributed by atoms with Gasteiger partial charge < -0.3 is 9.30 Å². The molecule has 94 valence electrons. The predicted octanol–water partition coefficient (Wildman–Crippen LogP) is 3.72. The van der Waals surface area contributed by atoms with Crippen LogP contribution in [-0.2, 0) is 11.3 Å². The zero-order valence-electron chi connectivity index (χ0n) is 10.3. The van der Waals surface area contributed by atoms with Gasteiger partial charge in [0.25, 0.3) is 0 Å². The maximum Gasteiger partial charge on any atom is 0.355 e. The van der Waals surface area contributed by atoms with E-state index in [1.54, 1.807) is 0 Å². The molecule has 0 bridgehead atoms. The Bertz CT molecular complexity index is 575. The topological polar surface area (TPSA) is 31.2 Å². The Morgan fingerprint density at radius 1 is 1.39 bits per heavy atom. The van der Waals surface area contributed by atoms with Crippen molar-refractivity contribution in [2.24, 2.45) is 0 Å². The van der Waals surface area contributed by atoms with Crippen LogP contribution in [0.1, 0.15) is 17.4 Å². The molecule has 0 saturated heterocycles. The van der Waals surface area contributed by atoms with Crippen LogP contribution in [0.3, 0.4) is 0 Å². The number of nitrogens with zero attached hydrogens (tertiary/aromatic N) is 1. The lowest BCUT2D eigenvalue weighted by Gasteiger charge is -2.08. The van der Waals surface area contributed by atoms with Gasteiger partial charge in [0.15, 0.2) is 0 Å².